The Bertz CT molecular complexity index is 190. The average Bonchev–Trinajstić information content (AvgIpc) is 2.88. The van der Waals surface area contributed by atoms with Crippen molar-refractivity contribution in [3.8, 4) is 0 Å². The molecule has 2 aliphatic heterocycles. The number of nitrogens with one attached hydrogen (secondary N) is 2. The van der Waals surface area contributed by atoms with Crippen molar-refractivity contribution < 1.29 is 9.47 Å². The van der Waals surface area contributed by atoms with Gasteiger partial charge >= 0.3 is 0 Å². The van der Waals surface area contributed by atoms with Crippen LogP contribution in [0.25, 0.3) is 0 Å². The number of ether oxygens (including phenoxy) is 2. The first-order valence-corrected chi connectivity index (χ1v) is 7.06. The number of hydrogen-bond donors (Lipinski definition) is 2. The van der Waals surface area contributed by atoms with E-state index in [1.807, 2.05) is 0 Å². The topological polar surface area (TPSA) is 42.5 Å². The molecule has 1 unspecified atom stereocenters. The van der Waals surface area contributed by atoms with Crippen LogP contribution in [0.4, 0.5) is 0 Å². The van der Waals surface area contributed by atoms with Crippen molar-refractivity contribution in [1.82, 2.24) is 10.6 Å². The van der Waals surface area contributed by atoms with Gasteiger partial charge in [0.2, 0.25) is 0 Å². The van der Waals surface area contributed by atoms with Crippen LogP contribution in [0.15, 0.2) is 0 Å². The van der Waals surface area contributed by atoms with Gasteiger partial charge in [0.1, 0.15) is 0 Å². The molecular weight excluding hydrogens is 216 g/mol. The Balaban J connectivity index is 1.38. The van der Waals surface area contributed by atoms with Gasteiger partial charge in [-0.3, -0.25) is 0 Å². The highest BCUT2D eigenvalue weighted by atomic mass is 16.5. The Morgan fingerprint density at radius 2 is 2.12 bits per heavy atom. The van der Waals surface area contributed by atoms with Crippen LogP contribution in [-0.4, -0.2) is 52.1 Å². The van der Waals surface area contributed by atoms with E-state index in [0.29, 0.717) is 6.10 Å². The van der Waals surface area contributed by atoms with Gasteiger partial charge in [-0.2, -0.15) is 0 Å². The molecule has 17 heavy (non-hydrogen) atoms. The van der Waals surface area contributed by atoms with E-state index >= 15 is 0 Å². The molecule has 2 fully saturated rings. The molecule has 2 aliphatic rings. The fraction of sp³-hybridized carbons (Fsp3) is 1.00. The SMILES string of the molecule is C(CNCC1CCOC1)COC1CCNCC1. The zero-order valence-corrected chi connectivity index (χ0v) is 10.7. The minimum absolute atomic E-state index is 0.500. The van der Waals surface area contributed by atoms with Crippen molar-refractivity contribution in [2.75, 3.05) is 46.0 Å². The second-order valence-electron chi connectivity index (χ2n) is 5.11. The average molecular weight is 242 g/mol. The molecule has 2 heterocycles. The quantitative estimate of drug-likeness (QED) is 0.647. The fourth-order valence-corrected chi connectivity index (χ4v) is 2.46. The van der Waals surface area contributed by atoms with Crippen LogP contribution in [0.2, 0.25) is 0 Å². The molecule has 1 atom stereocenters. The van der Waals surface area contributed by atoms with Crippen LogP contribution < -0.4 is 10.6 Å². The van der Waals surface area contributed by atoms with Gasteiger partial charge in [0.25, 0.3) is 0 Å². The number of piperidine rings is 1. The van der Waals surface area contributed by atoms with Gasteiger partial charge in [-0.05, 0) is 51.2 Å². The molecule has 0 saturated carbocycles. The maximum absolute atomic E-state index is 5.85. The monoisotopic (exact) mass is 242 g/mol. The van der Waals surface area contributed by atoms with Gasteiger partial charge in [-0.1, -0.05) is 0 Å². The van der Waals surface area contributed by atoms with Crippen LogP contribution in [0.1, 0.15) is 25.7 Å². The summed E-state index contributed by atoms with van der Waals surface area (Å²) >= 11 is 0. The van der Waals surface area contributed by atoms with E-state index in [9.17, 15) is 0 Å². The van der Waals surface area contributed by atoms with E-state index in [-0.39, 0.29) is 0 Å². The van der Waals surface area contributed by atoms with Crippen LogP contribution in [0, 0.1) is 5.92 Å². The van der Waals surface area contributed by atoms with E-state index in [4.69, 9.17) is 9.47 Å². The van der Waals surface area contributed by atoms with E-state index in [2.05, 4.69) is 10.6 Å². The summed E-state index contributed by atoms with van der Waals surface area (Å²) < 4.78 is 11.2. The number of hydrogen-bond acceptors (Lipinski definition) is 4. The minimum atomic E-state index is 0.500. The first-order valence-electron chi connectivity index (χ1n) is 7.06. The molecule has 0 spiro atoms. The summed E-state index contributed by atoms with van der Waals surface area (Å²) in [6.07, 6.45) is 5.19. The van der Waals surface area contributed by atoms with Gasteiger partial charge in [0, 0.05) is 19.8 Å². The first kappa shape index (κ1) is 13.3. The molecule has 0 bridgehead atoms. The highest BCUT2D eigenvalue weighted by molar-refractivity contribution is 4.69. The Morgan fingerprint density at radius 1 is 1.24 bits per heavy atom. The number of rotatable bonds is 7. The molecular formula is C13H26N2O2. The van der Waals surface area contributed by atoms with Crippen molar-refractivity contribution in [2.45, 2.75) is 31.8 Å². The zero-order chi connectivity index (χ0) is 11.8. The lowest BCUT2D eigenvalue weighted by Gasteiger charge is -2.22. The zero-order valence-electron chi connectivity index (χ0n) is 10.7. The molecule has 4 nitrogen and oxygen atoms in total. The summed E-state index contributed by atoms with van der Waals surface area (Å²) in [6.45, 7) is 7.20. The van der Waals surface area contributed by atoms with Crippen molar-refractivity contribution in [1.29, 1.82) is 0 Å². The van der Waals surface area contributed by atoms with E-state index in [1.165, 1.54) is 19.3 Å². The molecule has 0 amide bonds. The standard InChI is InChI=1S/C13H26N2O2/c1(5-15-10-12-4-9-16-11-12)8-17-13-2-6-14-7-3-13/h12-15H,1-11H2. The predicted octanol–water partition coefficient (Wildman–Crippen LogP) is 0.771. The molecule has 4 heteroatoms. The normalized spacial score (nSPS) is 26.5. The van der Waals surface area contributed by atoms with Gasteiger partial charge in [0.15, 0.2) is 0 Å². The maximum Gasteiger partial charge on any atom is 0.0599 e. The van der Waals surface area contributed by atoms with E-state index in [1.54, 1.807) is 0 Å². The Morgan fingerprint density at radius 3 is 2.88 bits per heavy atom. The van der Waals surface area contributed by atoms with Crippen LogP contribution in [-0.2, 0) is 9.47 Å². The van der Waals surface area contributed by atoms with Crippen LogP contribution in [0.3, 0.4) is 0 Å². The molecule has 2 saturated heterocycles. The lowest BCUT2D eigenvalue weighted by atomic mass is 10.1. The summed E-state index contributed by atoms with van der Waals surface area (Å²) in [5.41, 5.74) is 0. The van der Waals surface area contributed by atoms with Gasteiger partial charge in [-0.25, -0.2) is 0 Å². The van der Waals surface area contributed by atoms with Crippen molar-refractivity contribution in [3.63, 3.8) is 0 Å². The summed E-state index contributed by atoms with van der Waals surface area (Å²) in [6, 6.07) is 0. The molecule has 100 valence electrons. The van der Waals surface area contributed by atoms with Crippen LogP contribution in [0.5, 0.6) is 0 Å². The van der Waals surface area contributed by atoms with Gasteiger partial charge in [0.05, 0.1) is 12.7 Å². The highest BCUT2D eigenvalue weighted by Gasteiger charge is 2.15. The van der Waals surface area contributed by atoms with Gasteiger partial charge in [-0.15, -0.1) is 0 Å². The summed E-state index contributed by atoms with van der Waals surface area (Å²) in [7, 11) is 0. The second-order valence-corrected chi connectivity index (χ2v) is 5.11. The first-order chi connectivity index (χ1) is 8.45. The molecule has 0 aromatic carbocycles. The maximum atomic E-state index is 5.85. The third kappa shape index (κ3) is 5.34. The molecule has 0 aromatic heterocycles. The Hall–Kier alpha value is -0.160. The summed E-state index contributed by atoms with van der Waals surface area (Å²) in [4.78, 5) is 0. The third-order valence-electron chi connectivity index (χ3n) is 3.59. The van der Waals surface area contributed by atoms with Crippen molar-refractivity contribution >= 4 is 0 Å². The minimum Gasteiger partial charge on any atom is -0.381 e. The second kappa shape index (κ2) is 8.03. The Labute approximate surface area is 104 Å². The molecule has 0 aromatic rings. The van der Waals surface area contributed by atoms with Gasteiger partial charge < -0.3 is 20.1 Å². The van der Waals surface area contributed by atoms with Crippen molar-refractivity contribution in [3.05, 3.63) is 0 Å². The lowest BCUT2D eigenvalue weighted by Crippen LogP contribution is -2.33. The molecule has 0 aliphatic carbocycles. The smallest absolute Gasteiger partial charge is 0.0599 e. The highest BCUT2D eigenvalue weighted by Crippen LogP contribution is 2.10. The summed E-state index contributed by atoms with van der Waals surface area (Å²) in [5, 5.41) is 6.85. The lowest BCUT2D eigenvalue weighted by molar-refractivity contribution is 0.0317. The van der Waals surface area contributed by atoms with E-state index in [0.717, 1.165) is 58.3 Å². The summed E-state index contributed by atoms with van der Waals surface area (Å²) in [5.74, 6) is 0.736. The largest absolute Gasteiger partial charge is 0.381 e. The van der Waals surface area contributed by atoms with Crippen LogP contribution >= 0.6 is 0 Å². The third-order valence-corrected chi connectivity index (χ3v) is 3.59. The molecule has 0 radical (unpaired) electrons. The Kier molecular flexibility index (Phi) is 6.27. The van der Waals surface area contributed by atoms with E-state index < -0.39 is 0 Å². The van der Waals surface area contributed by atoms with Crippen molar-refractivity contribution in [2.24, 2.45) is 5.92 Å². The molecule has 2 N–H and O–H groups in total. The fourth-order valence-electron chi connectivity index (χ4n) is 2.46. The molecule has 2 rings (SSSR count). The predicted molar refractivity (Wildman–Crippen MR) is 68.3 cm³/mol.